The van der Waals surface area contributed by atoms with Crippen LogP contribution in [-0.2, 0) is 11.4 Å². The molecule has 0 heterocycles. The number of carbonyl (C=O) groups is 1. The maximum Gasteiger partial charge on any atom is 0.250 e. The van der Waals surface area contributed by atoms with Crippen molar-refractivity contribution in [1.82, 2.24) is 5.32 Å². The van der Waals surface area contributed by atoms with Crippen LogP contribution < -0.4 is 24.8 Å². The predicted octanol–water partition coefficient (Wildman–Crippen LogP) is 4.81. The number of anilines is 1. The summed E-state index contributed by atoms with van der Waals surface area (Å²) in [6.07, 6.45) is 3.06. The highest BCUT2D eigenvalue weighted by atomic mass is 32.1. The van der Waals surface area contributed by atoms with Crippen molar-refractivity contribution in [3.8, 4) is 17.2 Å². The number of thiocarbonyl (C=S) groups is 1. The fourth-order valence-electron chi connectivity index (χ4n) is 2.87. The lowest BCUT2D eigenvalue weighted by Crippen LogP contribution is -2.32. The minimum atomic E-state index is -0.361. The number of rotatable bonds is 8. The number of hydrogen-bond acceptors (Lipinski definition) is 5. The molecule has 6 nitrogen and oxygen atoms in total. The SMILES string of the molecule is COc1ccc(/C=C/C(=O)NC(=S)Nc2ccccc2OCc2ccccc2)cc1OC. The Labute approximate surface area is 192 Å². The Morgan fingerprint density at radius 2 is 1.62 bits per heavy atom. The topological polar surface area (TPSA) is 68.8 Å². The summed E-state index contributed by atoms with van der Waals surface area (Å²) in [6, 6.07) is 22.6. The standard InChI is InChI=1S/C25H24N2O4S/c1-29-22-14-12-18(16-23(22)30-2)13-15-24(28)27-25(32)26-20-10-6-7-11-21(20)31-17-19-8-4-3-5-9-19/h3-16H,17H2,1-2H3,(H2,26,27,28,32)/b15-13+. The van der Waals surface area contributed by atoms with Crippen molar-refractivity contribution in [2.45, 2.75) is 6.61 Å². The van der Waals surface area contributed by atoms with E-state index in [-0.39, 0.29) is 11.0 Å². The molecule has 3 aromatic rings. The molecule has 0 saturated carbocycles. The van der Waals surface area contributed by atoms with E-state index in [2.05, 4.69) is 10.6 Å². The molecule has 0 unspecified atom stereocenters. The summed E-state index contributed by atoms with van der Waals surface area (Å²) in [5.74, 6) is 1.47. The fraction of sp³-hybridized carbons (Fsp3) is 0.120. The van der Waals surface area contributed by atoms with E-state index in [1.807, 2.05) is 60.7 Å². The molecule has 0 aliphatic rings. The lowest BCUT2D eigenvalue weighted by Gasteiger charge is -2.14. The number of nitrogens with one attached hydrogen (secondary N) is 2. The molecule has 0 spiro atoms. The van der Waals surface area contributed by atoms with Gasteiger partial charge in [0.15, 0.2) is 16.6 Å². The highest BCUT2D eigenvalue weighted by Gasteiger charge is 2.08. The largest absolute Gasteiger partial charge is 0.493 e. The van der Waals surface area contributed by atoms with Gasteiger partial charge < -0.3 is 19.5 Å². The number of hydrogen-bond donors (Lipinski definition) is 2. The van der Waals surface area contributed by atoms with E-state index in [0.717, 1.165) is 11.1 Å². The summed E-state index contributed by atoms with van der Waals surface area (Å²) < 4.78 is 16.4. The van der Waals surface area contributed by atoms with E-state index < -0.39 is 0 Å². The lowest BCUT2D eigenvalue weighted by molar-refractivity contribution is -0.115. The average molecular weight is 449 g/mol. The fourth-order valence-corrected chi connectivity index (χ4v) is 3.08. The Morgan fingerprint density at radius 1 is 0.906 bits per heavy atom. The molecule has 1 amide bonds. The second kappa shape index (κ2) is 11.5. The average Bonchev–Trinajstić information content (AvgIpc) is 2.82. The van der Waals surface area contributed by atoms with Gasteiger partial charge >= 0.3 is 0 Å². The smallest absolute Gasteiger partial charge is 0.250 e. The second-order valence-electron chi connectivity index (χ2n) is 6.66. The zero-order valence-corrected chi connectivity index (χ0v) is 18.6. The van der Waals surface area contributed by atoms with Crippen molar-refractivity contribution in [1.29, 1.82) is 0 Å². The summed E-state index contributed by atoms with van der Waals surface area (Å²) in [4.78, 5) is 12.3. The first kappa shape index (κ1) is 22.8. The van der Waals surface area contributed by atoms with Crippen molar-refractivity contribution in [3.05, 3.63) is 90.0 Å². The number of methoxy groups -OCH3 is 2. The number of carbonyl (C=O) groups excluding carboxylic acids is 1. The Balaban J connectivity index is 1.57. The normalized spacial score (nSPS) is 10.4. The number of ether oxygens (including phenoxy) is 3. The van der Waals surface area contributed by atoms with Crippen LogP contribution in [0.3, 0.4) is 0 Å². The van der Waals surface area contributed by atoms with Gasteiger partial charge in [-0.1, -0.05) is 48.5 Å². The first-order valence-corrected chi connectivity index (χ1v) is 10.3. The van der Waals surface area contributed by atoms with Crippen LogP contribution in [0.25, 0.3) is 6.08 Å². The van der Waals surface area contributed by atoms with Crippen molar-refractivity contribution in [2.75, 3.05) is 19.5 Å². The van der Waals surface area contributed by atoms with E-state index in [0.29, 0.717) is 29.5 Å². The van der Waals surface area contributed by atoms with Crippen molar-refractivity contribution >= 4 is 35.0 Å². The first-order valence-electron chi connectivity index (χ1n) is 9.87. The highest BCUT2D eigenvalue weighted by Crippen LogP contribution is 2.28. The lowest BCUT2D eigenvalue weighted by atomic mass is 10.2. The predicted molar refractivity (Wildman–Crippen MR) is 130 cm³/mol. The summed E-state index contributed by atoms with van der Waals surface area (Å²) in [7, 11) is 3.13. The van der Waals surface area contributed by atoms with Gasteiger partial charge in [0.05, 0.1) is 19.9 Å². The van der Waals surface area contributed by atoms with E-state index in [4.69, 9.17) is 26.4 Å². The van der Waals surface area contributed by atoms with Gasteiger partial charge in [-0.25, -0.2) is 0 Å². The van der Waals surface area contributed by atoms with Crippen LogP contribution in [0.5, 0.6) is 17.2 Å². The number of benzene rings is 3. The van der Waals surface area contributed by atoms with Crippen LogP contribution in [0.15, 0.2) is 78.9 Å². The van der Waals surface area contributed by atoms with Crippen LogP contribution >= 0.6 is 12.2 Å². The third-order valence-corrected chi connectivity index (χ3v) is 4.65. The van der Waals surface area contributed by atoms with Gasteiger partial charge in [0.2, 0.25) is 5.91 Å². The van der Waals surface area contributed by atoms with Crippen LogP contribution in [0.4, 0.5) is 5.69 Å². The summed E-state index contributed by atoms with van der Waals surface area (Å²) in [5.41, 5.74) is 2.51. The van der Waals surface area contributed by atoms with Gasteiger partial charge in [0.25, 0.3) is 0 Å². The summed E-state index contributed by atoms with van der Waals surface area (Å²) >= 11 is 5.28. The maximum absolute atomic E-state index is 12.3. The zero-order chi connectivity index (χ0) is 22.8. The molecule has 0 bridgehead atoms. The van der Waals surface area contributed by atoms with E-state index >= 15 is 0 Å². The quantitative estimate of drug-likeness (QED) is 0.381. The van der Waals surface area contributed by atoms with Crippen LogP contribution in [-0.4, -0.2) is 25.2 Å². The Morgan fingerprint density at radius 3 is 2.38 bits per heavy atom. The maximum atomic E-state index is 12.3. The van der Waals surface area contributed by atoms with Crippen molar-refractivity contribution in [2.24, 2.45) is 0 Å². The van der Waals surface area contributed by atoms with E-state index in [9.17, 15) is 4.79 Å². The molecule has 164 valence electrons. The van der Waals surface area contributed by atoms with Crippen LogP contribution in [0.2, 0.25) is 0 Å². The van der Waals surface area contributed by atoms with Gasteiger partial charge in [-0.3, -0.25) is 10.1 Å². The van der Waals surface area contributed by atoms with Gasteiger partial charge in [-0.15, -0.1) is 0 Å². The molecule has 0 radical (unpaired) electrons. The summed E-state index contributed by atoms with van der Waals surface area (Å²) in [5, 5.41) is 5.82. The molecule has 2 N–H and O–H groups in total. The molecule has 0 aliphatic heterocycles. The third-order valence-electron chi connectivity index (χ3n) is 4.44. The zero-order valence-electron chi connectivity index (χ0n) is 17.8. The molecule has 0 saturated heterocycles. The van der Waals surface area contributed by atoms with Crippen LogP contribution in [0, 0.1) is 0 Å². The summed E-state index contributed by atoms with van der Waals surface area (Å²) in [6.45, 7) is 0.423. The van der Waals surface area contributed by atoms with Gasteiger partial charge in [0, 0.05) is 6.08 Å². The molecule has 0 fully saturated rings. The molecule has 0 aromatic heterocycles. The second-order valence-corrected chi connectivity index (χ2v) is 7.07. The molecule has 3 rings (SSSR count). The van der Waals surface area contributed by atoms with Gasteiger partial charge in [-0.2, -0.15) is 0 Å². The van der Waals surface area contributed by atoms with Gasteiger partial charge in [0.1, 0.15) is 12.4 Å². The molecule has 3 aromatic carbocycles. The van der Waals surface area contributed by atoms with Crippen molar-refractivity contribution in [3.63, 3.8) is 0 Å². The first-order chi connectivity index (χ1) is 15.6. The molecule has 32 heavy (non-hydrogen) atoms. The highest BCUT2D eigenvalue weighted by molar-refractivity contribution is 7.80. The van der Waals surface area contributed by atoms with E-state index in [1.54, 1.807) is 32.4 Å². The Bertz CT molecular complexity index is 1100. The van der Waals surface area contributed by atoms with Gasteiger partial charge in [-0.05, 0) is 53.7 Å². The minimum Gasteiger partial charge on any atom is -0.493 e. The van der Waals surface area contributed by atoms with Crippen molar-refractivity contribution < 1.29 is 19.0 Å². The minimum absolute atomic E-state index is 0.169. The molecule has 0 aliphatic carbocycles. The Kier molecular flexibility index (Phi) is 8.22. The van der Waals surface area contributed by atoms with E-state index in [1.165, 1.54) is 6.08 Å². The molecular weight excluding hydrogens is 424 g/mol. The van der Waals surface area contributed by atoms with Crippen LogP contribution in [0.1, 0.15) is 11.1 Å². The molecule has 0 atom stereocenters. The Hall–Kier alpha value is -3.84. The number of amides is 1. The molecular formula is C25H24N2O4S. The molecule has 7 heteroatoms. The monoisotopic (exact) mass is 448 g/mol. The number of para-hydroxylation sites is 2. The third kappa shape index (κ3) is 6.58.